The Hall–Kier alpha value is -3.14. The van der Waals surface area contributed by atoms with Gasteiger partial charge in [0, 0.05) is 0 Å². The number of nitrogens with zero attached hydrogens (tertiary/aromatic N) is 1. The highest BCUT2D eigenvalue weighted by Gasteiger charge is 2.25. The molecule has 0 bridgehead atoms. The molecule has 0 N–H and O–H groups in total. The van der Waals surface area contributed by atoms with Crippen molar-refractivity contribution in [3.63, 3.8) is 0 Å². The lowest BCUT2D eigenvalue weighted by atomic mass is 10.1. The number of hydrogen-bond donors (Lipinski definition) is 0. The molecule has 1 aliphatic heterocycles. The van der Waals surface area contributed by atoms with Crippen LogP contribution < -0.4 is 4.74 Å². The Morgan fingerprint density at radius 1 is 1.08 bits per heavy atom. The van der Waals surface area contributed by atoms with Crippen LogP contribution in [-0.2, 0) is 9.53 Å². The van der Waals surface area contributed by atoms with Gasteiger partial charge in [0.15, 0.2) is 5.70 Å². The topological polar surface area (TPSA) is 47.9 Å². The first-order chi connectivity index (χ1) is 11.7. The fourth-order valence-electron chi connectivity index (χ4n) is 2.42. The van der Waals surface area contributed by atoms with Gasteiger partial charge in [-0.1, -0.05) is 48.5 Å². The third kappa shape index (κ3) is 3.43. The van der Waals surface area contributed by atoms with Crippen molar-refractivity contribution < 1.29 is 14.3 Å². The maximum Gasteiger partial charge on any atom is 0.363 e. The van der Waals surface area contributed by atoms with E-state index in [1.165, 1.54) is 0 Å². The maximum atomic E-state index is 12.1. The Labute approximate surface area is 140 Å². The van der Waals surface area contributed by atoms with Crippen LogP contribution in [0.2, 0.25) is 0 Å². The number of aliphatic imine (C=N–C) groups is 1. The summed E-state index contributed by atoms with van der Waals surface area (Å²) in [5.74, 6) is 0.412. The number of hydrogen-bond acceptors (Lipinski definition) is 4. The zero-order valence-corrected chi connectivity index (χ0v) is 13.5. The van der Waals surface area contributed by atoms with Crippen molar-refractivity contribution in [2.75, 3.05) is 7.11 Å². The maximum absolute atomic E-state index is 12.1. The first-order valence-electron chi connectivity index (χ1n) is 7.56. The molecule has 0 radical (unpaired) electrons. The number of carbonyl (C=O) groups is 1. The Bertz CT molecular complexity index is 848. The SMILES string of the molecule is COc1ccccc1C1=N/C(=C\C(C)=C\c2ccccc2)C(=O)O1. The molecule has 0 aromatic heterocycles. The number of methoxy groups -OCH3 is 1. The minimum absolute atomic E-state index is 0.260. The minimum atomic E-state index is -0.461. The number of rotatable bonds is 4. The second-order valence-corrected chi connectivity index (χ2v) is 5.34. The number of para-hydroxylation sites is 1. The van der Waals surface area contributed by atoms with Gasteiger partial charge >= 0.3 is 5.97 Å². The van der Waals surface area contributed by atoms with Crippen LogP contribution in [-0.4, -0.2) is 19.0 Å². The zero-order valence-electron chi connectivity index (χ0n) is 13.5. The lowest BCUT2D eigenvalue weighted by molar-refractivity contribution is -0.130. The van der Waals surface area contributed by atoms with Gasteiger partial charge < -0.3 is 9.47 Å². The number of benzene rings is 2. The van der Waals surface area contributed by atoms with Crippen molar-refractivity contribution in [3.8, 4) is 5.75 Å². The van der Waals surface area contributed by atoms with E-state index in [1.807, 2.05) is 55.5 Å². The van der Waals surface area contributed by atoms with Crippen LogP contribution in [0.1, 0.15) is 18.1 Å². The zero-order chi connectivity index (χ0) is 16.9. The van der Waals surface area contributed by atoms with Gasteiger partial charge in [-0.3, -0.25) is 0 Å². The Morgan fingerprint density at radius 2 is 1.79 bits per heavy atom. The van der Waals surface area contributed by atoms with Gasteiger partial charge in [-0.15, -0.1) is 0 Å². The lowest BCUT2D eigenvalue weighted by Crippen LogP contribution is -2.06. The summed E-state index contributed by atoms with van der Waals surface area (Å²) in [6.07, 6.45) is 3.70. The Morgan fingerprint density at radius 3 is 2.54 bits per heavy atom. The van der Waals surface area contributed by atoms with E-state index in [1.54, 1.807) is 25.3 Å². The molecule has 120 valence electrons. The molecule has 3 rings (SSSR count). The smallest absolute Gasteiger partial charge is 0.363 e. The predicted octanol–water partition coefficient (Wildman–Crippen LogP) is 3.99. The van der Waals surface area contributed by atoms with Gasteiger partial charge in [0.2, 0.25) is 5.90 Å². The van der Waals surface area contributed by atoms with E-state index in [-0.39, 0.29) is 11.6 Å². The van der Waals surface area contributed by atoms with Crippen LogP contribution in [0.25, 0.3) is 6.08 Å². The summed E-state index contributed by atoms with van der Waals surface area (Å²) in [7, 11) is 1.57. The normalized spacial score (nSPS) is 16.1. The number of cyclic esters (lactones) is 1. The van der Waals surface area contributed by atoms with Crippen molar-refractivity contribution in [1.29, 1.82) is 0 Å². The monoisotopic (exact) mass is 319 g/mol. The molecule has 0 aliphatic carbocycles. The first-order valence-corrected chi connectivity index (χ1v) is 7.56. The van der Waals surface area contributed by atoms with E-state index in [0.717, 1.165) is 11.1 Å². The van der Waals surface area contributed by atoms with Gasteiger partial charge in [0.25, 0.3) is 0 Å². The van der Waals surface area contributed by atoms with Crippen LogP contribution >= 0.6 is 0 Å². The second-order valence-electron chi connectivity index (χ2n) is 5.34. The summed E-state index contributed by atoms with van der Waals surface area (Å²) in [5, 5.41) is 0. The molecule has 0 saturated carbocycles. The molecule has 2 aromatic carbocycles. The van der Waals surface area contributed by atoms with Gasteiger partial charge in [-0.25, -0.2) is 9.79 Å². The van der Waals surface area contributed by atoms with E-state index >= 15 is 0 Å². The average Bonchev–Trinajstić information content (AvgIpc) is 2.96. The molecule has 0 amide bonds. The quantitative estimate of drug-likeness (QED) is 0.632. The summed E-state index contributed by atoms with van der Waals surface area (Å²) in [4.78, 5) is 16.4. The van der Waals surface area contributed by atoms with E-state index in [9.17, 15) is 4.79 Å². The standard InChI is InChI=1S/C20H17NO3/c1-14(12-15-8-4-3-5-9-15)13-17-20(22)24-19(21-17)16-10-6-7-11-18(16)23-2/h3-13H,1-2H3/b14-12+,17-13-. The molecular formula is C20H17NO3. The number of carbonyl (C=O) groups excluding carboxylic acids is 1. The summed E-state index contributed by atoms with van der Waals surface area (Å²) in [5.41, 5.74) is 2.91. The molecule has 0 atom stereocenters. The fourth-order valence-corrected chi connectivity index (χ4v) is 2.42. The molecule has 2 aromatic rings. The van der Waals surface area contributed by atoms with Crippen LogP contribution in [0, 0.1) is 0 Å². The van der Waals surface area contributed by atoms with Crippen molar-refractivity contribution in [3.05, 3.63) is 83.1 Å². The Kier molecular flexibility index (Phi) is 4.57. The lowest BCUT2D eigenvalue weighted by Gasteiger charge is -2.05. The van der Waals surface area contributed by atoms with Gasteiger partial charge in [-0.2, -0.15) is 0 Å². The molecule has 0 saturated heterocycles. The third-order valence-electron chi connectivity index (χ3n) is 3.52. The predicted molar refractivity (Wildman–Crippen MR) is 93.8 cm³/mol. The highest BCUT2D eigenvalue weighted by Crippen LogP contribution is 2.24. The van der Waals surface area contributed by atoms with Gasteiger partial charge in [0.05, 0.1) is 12.7 Å². The summed E-state index contributed by atoms with van der Waals surface area (Å²) >= 11 is 0. The largest absolute Gasteiger partial charge is 0.496 e. The first kappa shape index (κ1) is 15.7. The fraction of sp³-hybridized carbons (Fsp3) is 0.100. The number of ether oxygens (including phenoxy) is 2. The van der Waals surface area contributed by atoms with E-state index in [4.69, 9.17) is 9.47 Å². The molecule has 0 fully saturated rings. The number of allylic oxidation sites excluding steroid dienone is 2. The third-order valence-corrected chi connectivity index (χ3v) is 3.52. The van der Waals surface area contributed by atoms with Crippen molar-refractivity contribution in [1.82, 2.24) is 0 Å². The summed E-state index contributed by atoms with van der Waals surface area (Å²) < 4.78 is 10.6. The number of esters is 1. The van der Waals surface area contributed by atoms with Gasteiger partial charge in [-0.05, 0) is 36.3 Å². The van der Waals surface area contributed by atoms with Crippen molar-refractivity contribution in [2.45, 2.75) is 6.92 Å². The second kappa shape index (κ2) is 6.96. The molecule has 0 unspecified atom stereocenters. The van der Waals surface area contributed by atoms with Crippen LogP contribution in [0.4, 0.5) is 0 Å². The Balaban J connectivity index is 1.90. The average molecular weight is 319 g/mol. The molecule has 24 heavy (non-hydrogen) atoms. The molecule has 4 heteroatoms. The summed E-state index contributed by atoms with van der Waals surface area (Å²) in [6, 6.07) is 17.2. The van der Waals surface area contributed by atoms with Crippen LogP contribution in [0.3, 0.4) is 0 Å². The highest BCUT2D eigenvalue weighted by molar-refractivity contribution is 6.12. The van der Waals surface area contributed by atoms with Crippen molar-refractivity contribution in [2.24, 2.45) is 4.99 Å². The molecular weight excluding hydrogens is 302 g/mol. The summed E-state index contributed by atoms with van der Waals surface area (Å²) in [6.45, 7) is 1.92. The van der Waals surface area contributed by atoms with Crippen molar-refractivity contribution >= 4 is 17.9 Å². The van der Waals surface area contributed by atoms with E-state index in [2.05, 4.69) is 4.99 Å². The minimum Gasteiger partial charge on any atom is -0.496 e. The van der Waals surface area contributed by atoms with E-state index < -0.39 is 5.97 Å². The highest BCUT2D eigenvalue weighted by atomic mass is 16.6. The van der Waals surface area contributed by atoms with E-state index in [0.29, 0.717) is 11.3 Å². The van der Waals surface area contributed by atoms with Crippen LogP contribution in [0.5, 0.6) is 5.75 Å². The molecule has 4 nitrogen and oxygen atoms in total. The molecule has 1 aliphatic rings. The molecule has 1 heterocycles. The van der Waals surface area contributed by atoms with Crippen LogP contribution in [0.15, 0.2) is 76.9 Å². The van der Waals surface area contributed by atoms with Gasteiger partial charge in [0.1, 0.15) is 5.75 Å². The molecule has 0 spiro atoms.